The smallest absolute Gasteiger partial charge is 0.408 e. The predicted octanol–water partition coefficient (Wildman–Crippen LogP) is 2.16. The molecule has 1 saturated carbocycles. The number of aliphatic hydroxyl groups is 1. The molecular weight excluding hydrogens is 632 g/mol. The van der Waals surface area contributed by atoms with Gasteiger partial charge in [-0.1, -0.05) is 62.4 Å². The molecule has 6 atom stereocenters. The number of benzene rings is 1. The highest BCUT2D eigenvalue weighted by atomic mass is 32.2. The summed E-state index contributed by atoms with van der Waals surface area (Å²) in [7, 11) is -5.02. The van der Waals surface area contributed by atoms with Gasteiger partial charge in [0.1, 0.15) is 18.7 Å². The Labute approximate surface area is 276 Å². The minimum atomic E-state index is -5.02. The first kappa shape index (κ1) is 38.2. The summed E-state index contributed by atoms with van der Waals surface area (Å²) in [6.45, 7) is 7.28. The fourth-order valence-electron chi connectivity index (χ4n) is 6.08. The number of hydrogen-bond acceptors (Lipinski definition) is 9. The third-order valence-corrected chi connectivity index (χ3v) is 9.32. The number of rotatable bonds is 15. The van der Waals surface area contributed by atoms with Crippen LogP contribution in [0.15, 0.2) is 30.3 Å². The van der Waals surface area contributed by atoms with Gasteiger partial charge in [-0.2, -0.15) is 8.42 Å². The van der Waals surface area contributed by atoms with Crippen molar-refractivity contribution in [3.8, 4) is 0 Å². The van der Waals surface area contributed by atoms with Gasteiger partial charge in [-0.3, -0.25) is 18.9 Å². The normalized spacial score (nSPS) is 20.6. The summed E-state index contributed by atoms with van der Waals surface area (Å²) in [6.07, 6.45) is 3.13. The van der Waals surface area contributed by atoms with E-state index >= 15 is 0 Å². The topological polar surface area (TPSA) is 209 Å². The molecule has 3 rings (SSSR count). The van der Waals surface area contributed by atoms with Crippen LogP contribution in [0.2, 0.25) is 0 Å². The van der Waals surface area contributed by atoms with Crippen LogP contribution in [0.3, 0.4) is 0 Å². The molecule has 1 aliphatic heterocycles. The van der Waals surface area contributed by atoms with E-state index in [-0.39, 0.29) is 31.3 Å². The van der Waals surface area contributed by atoms with Gasteiger partial charge in [0.15, 0.2) is 0 Å². The molecule has 1 aliphatic carbocycles. The number of carbonyl (C=O) groups excluding carboxylic acids is 4. The molecule has 2 aliphatic rings. The van der Waals surface area contributed by atoms with E-state index in [2.05, 4.69) is 21.3 Å². The zero-order chi connectivity index (χ0) is 34.8. The number of alkyl carbamates (subject to hydrolysis) is 1. The van der Waals surface area contributed by atoms with Crippen LogP contribution in [0, 0.1) is 11.8 Å². The minimum Gasteiger partial charge on any atom is -0.445 e. The summed E-state index contributed by atoms with van der Waals surface area (Å²) in [5.74, 6) is -2.54. The van der Waals surface area contributed by atoms with E-state index in [1.807, 2.05) is 6.07 Å². The number of ether oxygens (including phenoxy) is 2. The van der Waals surface area contributed by atoms with E-state index in [1.54, 1.807) is 52.0 Å². The van der Waals surface area contributed by atoms with Crippen molar-refractivity contribution in [2.24, 2.45) is 11.8 Å². The minimum absolute atomic E-state index is 0.0429. The summed E-state index contributed by atoms with van der Waals surface area (Å²) < 4.78 is 44.8. The third-order valence-electron chi connectivity index (χ3n) is 8.38. The standard InChI is InChI=1S/C32H50N4O10S/c1-20(46-32(2,3)4)26(36-31(41)45-19-22-13-9-6-10-14-22)29(39)34-24(17-21-11-7-5-8-12-21)28(38)35-25(30(40)47(42,43)44)18-23-15-16-33-27(23)37/h6,9-10,13-14,20-21,23-26,30,40H,5,7-8,11-12,15-19H2,1-4H3,(H,33,37)(H,34,39)(H,35,38)(H,36,41)(H,42,43,44)/t20?,23-,24?,25?,26?,30?/m0/s1. The lowest BCUT2D eigenvalue weighted by atomic mass is 9.84. The van der Waals surface area contributed by atoms with Crippen LogP contribution in [0.25, 0.3) is 0 Å². The lowest BCUT2D eigenvalue weighted by Crippen LogP contribution is -2.60. The van der Waals surface area contributed by atoms with E-state index in [1.165, 1.54) is 0 Å². The van der Waals surface area contributed by atoms with E-state index in [4.69, 9.17) is 9.47 Å². The Kier molecular flexibility index (Phi) is 14.0. The highest BCUT2D eigenvalue weighted by Gasteiger charge is 2.39. The fourth-order valence-corrected chi connectivity index (χ4v) is 6.67. The summed E-state index contributed by atoms with van der Waals surface area (Å²) in [4.78, 5) is 52.7. The van der Waals surface area contributed by atoms with Gasteiger partial charge < -0.3 is 35.8 Å². The van der Waals surface area contributed by atoms with Gasteiger partial charge in [0, 0.05) is 12.5 Å². The molecule has 0 bridgehead atoms. The van der Waals surface area contributed by atoms with Crippen LogP contribution in [0.4, 0.5) is 4.79 Å². The second kappa shape index (κ2) is 17.2. The number of aliphatic hydroxyl groups excluding tert-OH is 1. The van der Waals surface area contributed by atoms with Crippen molar-refractivity contribution >= 4 is 33.9 Å². The van der Waals surface area contributed by atoms with Gasteiger partial charge in [-0.25, -0.2) is 4.79 Å². The molecule has 6 N–H and O–H groups in total. The molecule has 1 heterocycles. The van der Waals surface area contributed by atoms with E-state index in [9.17, 15) is 37.3 Å². The first-order valence-electron chi connectivity index (χ1n) is 16.2. The van der Waals surface area contributed by atoms with Crippen LogP contribution < -0.4 is 21.3 Å². The Morgan fingerprint density at radius 2 is 1.64 bits per heavy atom. The molecule has 14 nitrogen and oxygen atoms in total. The molecule has 0 radical (unpaired) electrons. The number of carbonyl (C=O) groups is 4. The summed E-state index contributed by atoms with van der Waals surface area (Å²) >= 11 is 0. The van der Waals surface area contributed by atoms with Gasteiger partial charge in [-0.05, 0) is 58.4 Å². The van der Waals surface area contributed by atoms with Crippen LogP contribution >= 0.6 is 0 Å². The Bertz CT molecular complexity index is 1310. The van der Waals surface area contributed by atoms with Gasteiger partial charge in [-0.15, -0.1) is 0 Å². The average Bonchev–Trinajstić information content (AvgIpc) is 3.41. The molecular formula is C32H50N4O10S. The fraction of sp³-hybridized carbons (Fsp3) is 0.688. The number of amides is 4. The molecule has 15 heteroatoms. The van der Waals surface area contributed by atoms with E-state index in [0.717, 1.165) is 37.7 Å². The van der Waals surface area contributed by atoms with E-state index < -0.39 is 69.2 Å². The van der Waals surface area contributed by atoms with Crippen molar-refractivity contribution in [3.63, 3.8) is 0 Å². The number of hydrogen-bond donors (Lipinski definition) is 6. The maximum absolute atomic E-state index is 13.9. The average molecular weight is 683 g/mol. The van der Waals surface area contributed by atoms with Gasteiger partial charge >= 0.3 is 6.09 Å². The molecule has 1 aromatic rings. The second-order valence-electron chi connectivity index (χ2n) is 13.5. The SMILES string of the molecule is CC(OC(C)(C)C)C(NC(=O)OCc1ccccc1)C(=O)NC(CC1CCCCC1)C(=O)NC(C[C@@H]1CCNC1=O)C(O)S(=O)(=O)O. The van der Waals surface area contributed by atoms with Gasteiger partial charge in [0.25, 0.3) is 10.1 Å². The molecule has 1 saturated heterocycles. The monoisotopic (exact) mass is 682 g/mol. The molecule has 264 valence electrons. The van der Waals surface area contributed by atoms with Gasteiger partial charge in [0.05, 0.1) is 17.7 Å². The summed E-state index contributed by atoms with van der Waals surface area (Å²) in [5.41, 5.74) is -2.36. The van der Waals surface area contributed by atoms with Crippen LogP contribution in [0.1, 0.15) is 84.6 Å². The number of nitrogens with one attached hydrogen (secondary N) is 4. The van der Waals surface area contributed by atoms with Crippen molar-refractivity contribution in [1.82, 2.24) is 21.3 Å². The first-order valence-corrected chi connectivity index (χ1v) is 17.7. The van der Waals surface area contributed by atoms with E-state index in [0.29, 0.717) is 13.0 Å². The maximum Gasteiger partial charge on any atom is 0.408 e. The van der Waals surface area contributed by atoms with Crippen molar-refractivity contribution in [2.75, 3.05) is 6.54 Å². The quantitative estimate of drug-likeness (QED) is 0.149. The van der Waals surface area contributed by atoms with Crippen molar-refractivity contribution in [1.29, 1.82) is 0 Å². The molecule has 0 aromatic heterocycles. The van der Waals surface area contributed by atoms with Crippen LogP contribution in [0.5, 0.6) is 0 Å². The molecule has 1 aromatic carbocycles. The summed E-state index contributed by atoms with van der Waals surface area (Å²) in [5, 5.41) is 20.9. The molecule has 47 heavy (non-hydrogen) atoms. The molecule has 0 spiro atoms. The van der Waals surface area contributed by atoms with Crippen LogP contribution in [-0.2, 0) is 40.6 Å². The zero-order valence-electron chi connectivity index (χ0n) is 27.6. The Hall–Kier alpha value is -3.27. The lowest BCUT2D eigenvalue weighted by molar-refractivity contribution is -0.136. The third kappa shape index (κ3) is 12.7. The Morgan fingerprint density at radius 3 is 2.21 bits per heavy atom. The predicted molar refractivity (Wildman–Crippen MR) is 172 cm³/mol. The highest BCUT2D eigenvalue weighted by Crippen LogP contribution is 2.28. The molecule has 5 unspecified atom stereocenters. The highest BCUT2D eigenvalue weighted by molar-refractivity contribution is 7.86. The molecule has 2 fully saturated rings. The molecule has 4 amide bonds. The largest absolute Gasteiger partial charge is 0.445 e. The van der Waals surface area contributed by atoms with Crippen molar-refractivity contribution in [3.05, 3.63) is 35.9 Å². The lowest BCUT2D eigenvalue weighted by Gasteiger charge is -2.33. The first-order chi connectivity index (χ1) is 22.0. The zero-order valence-corrected chi connectivity index (χ0v) is 28.4. The summed E-state index contributed by atoms with van der Waals surface area (Å²) in [6, 6.07) is 4.95. The maximum atomic E-state index is 13.9. The van der Waals surface area contributed by atoms with Crippen LogP contribution in [-0.4, -0.2) is 83.7 Å². The van der Waals surface area contributed by atoms with Gasteiger partial charge in [0.2, 0.25) is 23.2 Å². The Morgan fingerprint density at radius 1 is 0.979 bits per heavy atom. The Balaban J connectivity index is 1.83. The van der Waals surface area contributed by atoms with Crippen molar-refractivity contribution in [2.45, 2.75) is 121 Å². The van der Waals surface area contributed by atoms with Crippen molar-refractivity contribution < 1.29 is 46.7 Å². The second-order valence-corrected chi connectivity index (χ2v) is 15.0.